The van der Waals surface area contributed by atoms with Gasteiger partial charge in [-0.1, -0.05) is 25.5 Å². The Balaban J connectivity index is 1.89. The van der Waals surface area contributed by atoms with E-state index >= 15 is 0 Å². The molecule has 0 spiro atoms. The summed E-state index contributed by atoms with van der Waals surface area (Å²) in [6.45, 7) is 2.11. The molecule has 112 valence electrons. The van der Waals surface area contributed by atoms with Crippen molar-refractivity contribution in [3.05, 3.63) is 59.9 Å². The van der Waals surface area contributed by atoms with Crippen molar-refractivity contribution in [1.29, 1.82) is 0 Å². The molecule has 0 saturated heterocycles. The fraction of sp³-hybridized carbons (Fsp3) is 0.294. The predicted octanol–water partition coefficient (Wildman–Crippen LogP) is 3.51. The Labute approximate surface area is 128 Å². The van der Waals surface area contributed by atoms with Crippen LogP contribution in [0.4, 0.5) is 4.39 Å². The van der Waals surface area contributed by atoms with Gasteiger partial charge in [0.25, 0.3) is 0 Å². The predicted molar refractivity (Wildman–Crippen MR) is 84.7 cm³/mol. The van der Waals surface area contributed by atoms with Gasteiger partial charge in [0.2, 0.25) is 0 Å². The molecule has 0 radical (unpaired) electrons. The third kappa shape index (κ3) is 2.79. The minimum Gasteiger partial charge on any atom is -0.265 e. The molecule has 1 aliphatic rings. The molecule has 3 rings (SSSR count). The standard InChI is InChI=1S/C17H17FN4/c1-2-8-17(16-19-9-3-10-20-16)11-21-15(22-12-17)13-4-6-14(18)7-5-13/h3-7,9-12,15H,2,8H2,1H3. The second kappa shape index (κ2) is 6.13. The molecule has 0 aliphatic carbocycles. The average Bonchev–Trinajstić information content (AvgIpc) is 2.57. The molecule has 0 fully saturated rings. The average molecular weight is 296 g/mol. The Morgan fingerprint density at radius 1 is 1.05 bits per heavy atom. The summed E-state index contributed by atoms with van der Waals surface area (Å²) >= 11 is 0. The molecular weight excluding hydrogens is 279 g/mol. The number of hydrogen-bond acceptors (Lipinski definition) is 4. The maximum atomic E-state index is 13.0. The van der Waals surface area contributed by atoms with Gasteiger partial charge in [0.05, 0.1) is 5.41 Å². The van der Waals surface area contributed by atoms with Crippen LogP contribution in [-0.2, 0) is 5.41 Å². The number of halogens is 1. The van der Waals surface area contributed by atoms with Crippen LogP contribution >= 0.6 is 0 Å². The summed E-state index contributed by atoms with van der Waals surface area (Å²) in [4.78, 5) is 17.8. The van der Waals surface area contributed by atoms with Crippen LogP contribution in [0.5, 0.6) is 0 Å². The van der Waals surface area contributed by atoms with Gasteiger partial charge in [0.1, 0.15) is 11.6 Å². The summed E-state index contributed by atoms with van der Waals surface area (Å²) in [6, 6.07) is 8.06. The molecule has 1 aromatic carbocycles. The molecule has 22 heavy (non-hydrogen) atoms. The summed E-state index contributed by atoms with van der Waals surface area (Å²) in [5, 5.41) is 0. The van der Waals surface area contributed by atoms with Crippen LogP contribution in [0.15, 0.2) is 52.7 Å². The van der Waals surface area contributed by atoms with Crippen molar-refractivity contribution in [2.45, 2.75) is 31.3 Å². The summed E-state index contributed by atoms with van der Waals surface area (Å²) in [5.74, 6) is 0.451. The van der Waals surface area contributed by atoms with E-state index in [4.69, 9.17) is 0 Å². The Morgan fingerprint density at radius 2 is 1.68 bits per heavy atom. The molecular formula is C17H17FN4. The van der Waals surface area contributed by atoms with Crippen LogP contribution in [0.2, 0.25) is 0 Å². The maximum Gasteiger partial charge on any atom is 0.164 e. The largest absolute Gasteiger partial charge is 0.265 e. The smallest absolute Gasteiger partial charge is 0.164 e. The first-order chi connectivity index (χ1) is 10.7. The number of nitrogens with zero attached hydrogens (tertiary/aromatic N) is 4. The van der Waals surface area contributed by atoms with Gasteiger partial charge in [-0.3, -0.25) is 9.98 Å². The van der Waals surface area contributed by atoms with Crippen molar-refractivity contribution in [2.24, 2.45) is 9.98 Å². The van der Waals surface area contributed by atoms with E-state index in [0.717, 1.165) is 18.4 Å². The molecule has 4 nitrogen and oxygen atoms in total. The van der Waals surface area contributed by atoms with Crippen molar-refractivity contribution < 1.29 is 4.39 Å². The first-order valence-corrected chi connectivity index (χ1v) is 7.35. The minimum atomic E-state index is -0.452. The molecule has 5 heteroatoms. The van der Waals surface area contributed by atoms with E-state index in [2.05, 4.69) is 26.9 Å². The Bertz CT molecular complexity index is 666. The second-order valence-corrected chi connectivity index (χ2v) is 5.34. The van der Waals surface area contributed by atoms with E-state index in [0.29, 0.717) is 5.82 Å². The molecule has 1 aromatic heterocycles. The number of rotatable bonds is 4. The fourth-order valence-electron chi connectivity index (χ4n) is 2.60. The first kappa shape index (κ1) is 14.5. The number of aliphatic imine (C=N–C) groups is 2. The summed E-state index contributed by atoms with van der Waals surface area (Å²) in [5.41, 5.74) is 0.417. The van der Waals surface area contributed by atoms with Gasteiger partial charge in [-0.15, -0.1) is 0 Å². The molecule has 0 N–H and O–H groups in total. The lowest BCUT2D eigenvalue weighted by Gasteiger charge is -2.27. The number of aromatic nitrogens is 2. The van der Waals surface area contributed by atoms with Crippen LogP contribution in [0.1, 0.15) is 37.3 Å². The van der Waals surface area contributed by atoms with Crippen molar-refractivity contribution in [3.63, 3.8) is 0 Å². The fourth-order valence-corrected chi connectivity index (χ4v) is 2.60. The highest BCUT2D eigenvalue weighted by molar-refractivity contribution is 5.96. The van der Waals surface area contributed by atoms with Gasteiger partial charge in [-0.25, -0.2) is 14.4 Å². The second-order valence-electron chi connectivity index (χ2n) is 5.34. The van der Waals surface area contributed by atoms with E-state index in [9.17, 15) is 4.39 Å². The lowest BCUT2D eigenvalue weighted by molar-refractivity contribution is 0.606. The van der Waals surface area contributed by atoms with Crippen LogP contribution < -0.4 is 0 Å². The van der Waals surface area contributed by atoms with Crippen LogP contribution in [0.3, 0.4) is 0 Å². The van der Waals surface area contributed by atoms with E-state index in [1.165, 1.54) is 12.1 Å². The van der Waals surface area contributed by atoms with Crippen LogP contribution in [0.25, 0.3) is 0 Å². The molecule has 0 saturated carbocycles. The van der Waals surface area contributed by atoms with Crippen LogP contribution in [0, 0.1) is 5.82 Å². The van der Waals surface area contributed by atoms with Gasteiger partial charge in [-0.05, 0) is 30.2 Å². The zero-order chi connectivity index (χ0) is 15.4. The van der Waals surface area contributed by atoms with Gasteiger partial charge >= 0.3 is 0 Å². The Hall–Kier alpha value is -2.43. The molecule has 0 amide bonds. The summed E-state index contributed by atoms with van der Waals surface area (Å²) in [7, 11) is 0. The molecule has 2 aromatic rings. The summed E-state index contributed by atoms with van der Waals surface area (Å²) in [6.07, 6.45) is 8.72. The third-order valence-corrected chi connectivity index (χ3v) is 3.71. The highest BCUT2D eigenvalue weighted by Gasteiger charge is 2.33. The van der Waals surface area contributed by atoms with E-state index < -0.39 is 5.41 Å². The zero-order valence-corrected chi connectivity index (χ0v) is 12.4. The minimum absolute atomic E-state index is 0.259. The number of hydrogen-bond donors (Lipinski definition) is 0. The monoisotopic (exact) mass is 296 g/mol. The van der Waals surface area contributed by atoms with Gasteiger partial charge in [0.15, 0.2) is 6.17 Å². The molecule has 0 atom stereocenters. The molecule has 0 bridgehead atoms. The van der Waals surface area contributed by atoms with Crippen molar-refractivity contribution in [3.8, 4) is 0 Å². The van der Waals surface area contributed by atoms with Crippen molar-refractivity contribution in [2.75, 3.05) is 0 Å². The van der Waals surface area contributed by atoms with E-state index in [1.54, 1.807) is 30.6 Å². The van der Waals surface area contributed by atoms with Gasteiger partial charge in [0, 0.05) is 24.8 Å². The van der Waals surface area contributed by atoms with Gasteiger partial charge in [-0.2, -0.15) is 0 Å². The lowest BCUT2D eigenvalue weighted by atomic mass is 9.84. The molecule has 2 heterocycles. The maximum absolute atomic E-state index is 13.0. The van der Waals surface area contributed by atoms with E-state index in [-0.39, 0.29) is 12.0 Å². The Morgan fingerprint density at radius 3 is 2.27 bits per heavy atom. The lowest BCUT2D eigenvalue weighted by Crippen LogP contribution is -2.34. The van der Waals surface area contributed by atoms with Crippen molar-refractivity contribution >= 4 is 12.4 Å². The normalized spacial score (nSPS) is 23.6. The quantitative estimate of drug-likeness (QED) is 0.867. The van der Waals surface area contributed by atoms with Crippen molar-refractivity contribution in [1.82, 2.24) is 9.97 Å². The SMILES string of the molecule is CCCC1(c2ncccn2)C=NC(c2ccc(F)cc2)N=C1. The molecule has 0 unspecified atom stereocenters. The van der Waals surface area contributed by atoms with Gasteiger partial charge < -0.3 is 0 Å². The Kier molecular flexibility index (Phi) is 4.04. The summed E-state index contributed by atoms with van der Waals surface area (Å²) < 4.78 is 13.0. The highest BCUT2D eigenvalue weighted by atomic mass is 19.1. The first-order valence-electron chi connectivity index (χ1n) is 7.35. The highest BCUT2D eigenvalue weighted by Crippen LogP contribution is 2.30. The third-order valence-electron chi connectivity index (χ3n) is 3.71. The van der Waals surface area contributed by atoms with E-state index in [1.807, 2.05) is 12.4 Å². The molecule has 1 aliphatic heterocycles. The van der Waals surface area contributed by atoms with Crippen LogP contribution in [-0.4, -0.2) is 22.4 Å². The topological polar surface area (TPSA) is 50.5 Å². The zero-order valence-electron chi connectivity index (χ0n) is 12.4. The number of benzene rings is 1.